The highest BCUT2D eigenvalue weighted by Gasteiger charge is 2.31. The van der Waals surface area contributed by atoms with Gasteiger partial charge in [0.1, 0.15) is 5.65 Å². The maximum atomic E-state index is 13.0. The molecule has 3 aromatic rings. The molecule has 0 aliphatic heterocycles. The van der Waals surface area contributed by atoms with Gasteiger partial charge in [0.2, 0.25) is 5.75 Å². The van der Waals surface area contributed by atoms with E-state index >= 15 is 0 Å². The van der Waals surface area contributed by atoms with E-state index in [1.807, 2.05) is 26.0 Å². The number of nitrogens with zero attached hydrogens (tertiary/aromatic N) is 2. The number of H-pyrrole nitrogens is 1. The molecule has 1 aliphatic carbocycles. The minimum Gasteiger partial charge on any atom is -0.493 e. The van der Waals surface area contributed by atoms with Crippen LogP contribution in [0.2, 0.25) is 0 Å². The summed E-state index contributed by atoms with van der Waals surface area (Å²) in [5.41, 5.74) is 1.07. The second-order valence-electron chi connectivity index (χ2n) is 8.06. The molecule has 9 heteroatoms. The first kappa shape index (κ1) is 21.6. The Balaban J connectivity index is 1.92. The molecule has 0 saturated heterocycles. The molecule has 0 bridgehead atoms. The van der Waals surface area contributed by atoms with E-state index < -0.39 is 11.2 Å². The van der Waals surface area contributed by atoms with Gasteiger partial charge in [0.05, 0.1) is 26.7 Å². The van der Waals surface area contributed by atoms with Crippen molar-refractivity contribution in [2.45, 2.75) is 38.6 Å². The number of pyridine rings is 1. The number of Topliss-reactive ketones (excluding diaryl/α,β-unsaturated/α-hetero) is 1. The summed E-state index contributed by atoms with van der Waals surface area (Å²) in [6.45, 7) is 3.67. The highest BCUT2D eigenvalue weighted by atomic mass is 16.5. The zero-order valence-electron chi connectivity index (χ0n) is 18.6. The van der Waals surface area contributed by atoms with Crippen LogP contribution in [0.5, 0.6) is 17.2 Å². The number of benzene rings is 1. The van der Waals surface area contributed by atoms with Gasteiger partial charge in [0, 0.05) is 24.2 Å². The largest absolute Gasteiger partial charge is 0.493 e. The predicted molar refractivity (Wildman–Crippen MR) is 118 cm³/mol. The Kier molecular flexibility index (Phi) is 5.50. The number of fused-ring (bicyclic) bond motifs is 3. The Morgan fingerprint density at radius 3 is 2.25 bits per heavy atom. The van der Waals surface area contributed by atoms with Gasteiger partial charge in [-0.05, 0) is 49.4 Å². The molecule has 0 unspecified atom stereocenters. The smallest absolute Gasteiger partial charge is 0.330 e. The van der Waals surface area contributed by atoms with Crippen LogP contribution in [0.4, 0.5) is 0 Å². The zero-order chi connectivity index (χ0) is 23.2. The number of ketones is 1. The fourth-order valence-corrected chi connectivity index (χ4v) is 4.43. The van der Waals surface area contributed by atoms with Crippen LogP contribution in [-0.2, 0) is 6.42 Å². The van der Waals surface area contributed by atoms with Gasteiger partial charge < -0.3 is 14.2 Å². The number of carbonyl (C=O) groups excluding carboxylic acids is 1. The number of aromatic nitrogens is 3. The van der Waals surface area contributed by atoms with Crippen LogP contribution >= 0.6 is 0 Å². The molecule has 1 aromatic carbocycles. The third-order valence-corrected chi connectivity index (χ3v) is 5.92. The number of carbonyl (C=O) groups is 1. The highest BCUT2D eigenvalue weighted by molar-refractivity contribution is 6.02. The Morgan fingerprint density at radius 2 is 1.69 bits per heavy atom. The topological polar surface area (TPSA) is 113 Å². The van der Waals surface area contributed by atoms with E-state index in [0.717, 1.165) is 5.56 Å². The van der Waals surface area contributed by atoms with Crippen LogP contribution in [0, 0.1) is 0 Å². The van der Waals surface area contributed by atoms with Crippen molar-refractivity contribution >= 4 is 16.8 Å². The van der Waals surface area contributed by atoms with Gasteiger partial charge in [0.15, 0.2) is 17.3 Å². The van der Waals surface area contributed by atoms with Gasteiger partial charge in [0.25, 0.3) is 5.56 Å². The third kappa shape index (κ3) is 3.34. The first-order chi connectivity index (χ1) is 15.3. The molecule has 0 radical (unpaired) electrons. The molecule has 0 saturated carbocycles. The minimum absolute atomic E-state index is 0.110. The Morgan fingerprint density at radius 1 is 1.03 bits per heavy atom. The van der Waals surface area contributed by atoms with Crippen molar-refractivity contribution in [3.05, 3.63) is 55.9 Å². The second-order valence-corrected chi connectivity index (χ2v) is 8.06. The minimum atomic E-state index is -0.537. The molecule has 0 spiro atoms. The van der Waals surface area contributed by atoms with Crippen molar-refractivity contribution in [3.63, 3.8) is 0 Å². The molecule has 1 atom stereocenters. The molecule has 0 fully saturated rings. The second kappa shape index (κ2) is 8.14. The van der Waals surface area contributed by atoms with Crippen LogP contribution in [0.1, 0.15) is 53.7 Å². The lowest BCUT2D eigenvalue weighted by atomic mass is 9.79. The number of methoxy groups -OCH3 is 3. The SMILES string of the molecule is COc1cc([C@@H]2CC(=O)c3cnc4c(c3C2)c(=O)[nH]c(=O)n4C(C)C)cc(OC)c1OC. The highest BCUT2D eigenvalue weighted by Crippen LogP contribution is 2.43. The number of hydrogen-bond acceptors (Lipinski definition) is 7. The van der Waals surface area contributed by atoms with Crippen molar-refractivity contribution < 1.29 is 19.0 Å². The van der Waals surface area contributed by atoms with Crippen LogP contribution in [0.25, 0.3) is 11.0 Å². The van der Waals surface area contributed by atoms with Gasteiger partial charge in [-0.25, -0.2) is 9.78 Å². The van der Waals surface area contributed by atoms with Crippen molar-refractivity contribution in [3.8, 4) is 17.2 Å². The molecule has 168 valence electrons. The first-order valence-corrected chi connectivity index (χ1v) is 10.3. The Bertz CT molecular complexity index is 1310. The fraction of sp³-hybridized carbons (Fsp3) is 0.391. The molecular weight excluding hydrogens is 414 g/mol. The molecule has 0 amide bonds. The lowest BCUT2D eigenvalue weighted by Crippen LogP contribution is -2.33. The number of aromatic amines is 1. The van der Waals surface area contributed by atoms with Crippen molar-refractivity contribution in [2.24, 2.45) is 0 Å². The van der Waals surface area contributed by atoms with Crippen LogP contribution < -0.4 is 25.5 Å². The van der Waals surface area contributed by atoms with Gasteiger partial charge in [-0.15, -0.1) is 0 Å². The number of nitrogens with one attached hydrogen (secondary N) is 1. The summed E-state index contributed by atoms with van der Waals surface area (Å²) in [6, 6.07) is 3.43. The lowest BCUT2D eigenvalue weighted by Gasteiger charge is -2.26. The maximum absolute atomic E-state index is 13.0. The van der Waals surface area contributed by atoms with E-state index in [4.69, 9.17) is 14.2 Å². The quantitative estimate of drug-likeness (QED) is 0.650. The molecule has 2 heterocycles. The standard InChI is InChI=1S/C23H25N3O6/c1-11(2)26-21-19(22(28)25-23(26)29)14-6-12(7-16(27)15(14)10-24-21)13-8-17(30-3)20(32-5)18(9-13)31-4/h8-12H,6-7H2,1-5H3,(H,25,28,29)/t12-/m0/s1. The summed E-state index contributed by atoms with van der Waals surface area (Å²) >= 11 is 0. The molecule has 1 N–H and O–H groups in total. The predicted octanol–water partition coefficient (Wildman–Crippen LogP) is 2.60. The summed E-state index contributed by atoms with van der Waals surface area (Å²) in [6.07, 6.45) is 2.15. The van der Waals surface area contributed by atoms with E-state index in [1.165, 1.54) is 32.1 Å². The van der Waals surface area contributed by atoms with E-state index in [1.54, 1.807) is 0 Å². The van der Waals surface area contributed by atoms with E-state index in [0.29, 0.717) is 34.8 Å². The van der Waals surface area contributed by atoms with Gasteiger partial charge >= 0.3 is 5.69 Å². The summed E-state index contributed by atoms with van der Waals surface area (Å²) in [5, 5.41) is 0.279. The average Bonchev–Trinajstić information content (AvgIpc) is 2.76. The van der Waals surface area contributed by atoms with E-state index in [2.05, 4.69) is 9.97 Å². The lowest BCUT2D eigenvalue weighted by molar-refractivity contribution is 0.0964. The fourth-order valence-electron chi connectivity index (χ4n) is 4.43. The summed E-state index contributed by atoms with van der Waals surface area (Å²) < 4.78 is 17.7. The van der Waals surface area contributed by atoms with Gasteiger partial charge in [-0.3, -0.25) is 19.1 Å². The zero-order valence-corrected chi connectivity index (χ0v) is 18.6. The molecule has 1 aliphatic rings. The molecule has 9 nitrogen and oxygen atoms in total. The number of rotatable bonds is 5. The first-order valence-electron chi connectivity index (χ1n) is 10.3. The summed E-state index contributed by atoms with van der Waals surface area (Å²) in [4.78, 5) is 44.9. The van der Waals surface area contributed by atoms with E-state index in [-0.39, 0.29) is 35.2 Å². The van der Waals surface area contributed by atoms with Crippen molar-refractivity contribution in [2.75, 3.05) is 21.3 Å². The van der Waals surface area contributed by atoms with Crippen LogP contribution in [-0.4, -0.2) is 41.6 Å². The average molecular weight is 439 g/mol. The number of hydrogen-bond donors (Lipinski definition) is 1. The molecule has 4 rings (SSSR count). The van der Waals surface area contributed by atoms with Crippen molar-refractivity contribution in [1.82, 2.24) is 14.5 Å². The summed E-state index contributed by atoms with van der Waals surface area (Å²) in [7, 11) is 4.60. The molecular formula is C23H25N3O6. The Labute approximate surface area is 184 Å². The van der Waals surface area contributed by atoms with Crippen molar-refractivity contribution in [1.29, 1.82) is 0 Å². The van der Waals surface area contributed by atoms with Crippen LogP contribution in [0.15, 0.2) is 27.9 Å². The van der Waals surface area contributed by atoms with Gasteiger partial charge in [-0.2, -0.15) is 0 Å². The molecule has 2 aromatic heterocycles. The Hall–Kier alpha value is -3.62. The van der Waals surface area contributed by atoms with Crippen LogP contribution in [0.3, 0.4) is 0 Å². The molecule has 32 heavy (non-hydrogen) atoms. The monoisotopic (exact) mass is 439 g/mol. The number of ether oxygens (including phenoxy) is 3. The van der Waals surface area contributed by atoms with E-state index in [9.17, 15) is 14.4 Å². The third-order valence-electron chi connectivity index (χ3n) is 5.92. The maximum Gasteiger partial charge on any atom is 0.330 e. The van der Waals surface area contributed by atoms with Gasteiger partial charge in [-0.1, -0.05) is 0 Å². The summed E-state index contributed by atoms with van der Waals surface area (Å²) in [5.74, 6) is 1.12. The normalized spacial score (nSPS) is 15.7.